The summed E-state index contributed by atoms with van der Waals surface area (Å²) in [6.07, 6.45) is -0.360. The zero-order chi connectivity index (χ0) is 19.0. The molecule has 1 atom stereocenters. The number of aromatic hydroxyl groups is 1. The van der Waals surface area contributed by atoms with Crippen LogP contribution in [0.2, 0.25) is 0 Å². The second-order valence-electron chi connectivity index (χ2n) is 6.18. The molecule has 0 aromatic heterocycles. The monoisotopic (exact) mass is 358 g/mol. The number of Topliss-reactive ketones (excluding diaryl/α,β-unsaturated/α-hetero) is 1. The Hall–Kier alpha value is -2.89. The first kappa shape index (κ1) is 17.9. The molecule has 26 heavy (non-hydrogen) atoms. The smallest absolute Gasteiger partial charge is 0.174 e. The predicted molar refractivity (Wildman–Crippen MR) is 96.0 cm³/mol. The Kier molecular flexibility index (Phi) is 4.68. The molecule has 2 aromatic carbocycles. The lowest BCUT2D eigenvalue weighted by atomic mass is 9.91. The van der Waals surface area contributed by atoms with Gasteiger partial charge in [0.25, 0.3) is 0 Å². The van der Waals surface area contributed by atoms with Gasteiger partial charge in [-0.3, -0.25) is 4.79 Å². The largest absolute Gasteiger partial charge is 0.507 e. The van der Waals surface area contributed by atoms with Crippen molar-refractivity contribution in [1.29, 1.82) is 0 Å². The van der Waals surface area contributed by atoms with Gasteiger partial charge in [-0.05, 0) is 31.5 Å². The maximum atomic E-state index is 12.7. The molecule has 0 unspecified atom stereocenters. The van der Waals surface area contributed by atoms with E-state index in [9.17, 15) is 9.90 Å². The van der Waals surface area contributed by atoms with Gasteiger partial charge in [-0.1, -0.05) is 6.07 Å². The fourth-order valence-corrected chi connectivity index (χ4v) is 3.38. The third-order valence-electron chi connectivity index (χ3n) is 4.73. The highest BCUT2D eigenvalue weighted by molar-refractivity contribution is 6.03. The summed E-state index contributed by atoms with van der Waals surface area (Å²) < 4.78 is 22.1. The van der Waals surface area contributed by atoms with E-state index in [2.05, 4.69) is 0 Å². The first-order valence-corrected chi connectivity index (χ1v) is 8.24. The van der Waals surface area contributed by atoms with Crippen LogP contribution in [0, 0.1) is 13.8 Å². The van der Waals surface area contributed by atoms with Crippen LogP contribution in [0.3, 0.4) is 0 Å². The zero-order valence-electron chi connectivity index (χ0n) is 15.5. The Morgan fingerprint density at radius 2 is 1.73 bits per heavy atom. The number of hydrogen-bond donors (Lipinski definition) is 1. The molecule has 6 heteroatoms. The average molecular weight is 358 g/mol. The standard InChI is InChI=1S/C20H22O6/c1-10-18(22)17-13(21)9-15(26-20(17)11(2)19(10)25-5)12-6-7-14(23-3)16(8-12)24-4/h6-8,15,22H,9H2,1-5H3/t15-/m1/s1. The third kappa shape index (κ3) is 2.71. The van der Waals surface area contributed by atoms with Crippen molar-refractivity contribution in [3.8, 4) is 28.7 Å². The number of phenols is 1. The second-order valence-corrected chi connectivity index (χ2v) is 6.18. The van der Waals surface area contributed by atoms with Crippen LogP contribution in [0.4, 0.5) is 0 Å². The highest BCUT2D eigenvalue weighted by Gasteiger charge is 2.34. The van der Waals surface area contributed by atoms with Crippen LogP contribution in [0.25, 0.3) is 0 Å². The van der Waals surface area contributed by atoms with E-state index in [4.69, 9.17) is 18.9 Å². The van der Waals surface area contributed by atoms with Crippen molar-refractivity contribution >= 4 is 5.78 Å². The Bertz CT molecular complexity index is 871. The van der Waals surface area contributed by atoms with Crippen molar-refractivity contribution in [2.24, 2.45) is 0 Å². The summed E-state index contributed by atoms with van der Waals surface area (Å²) in [5, 5.41) is 10.4. The van der Waals surface area contributed by atoms with Crippen molar-refractivity contribution in [2.45, 2.75) is 26.4 Å². The minimum Gasteiger partial charge on any atom is -0.507 e. The molecule has 0 saturated heterocycles. The molecule has 1 N–H and O–H groups in total. The van der Waals surface area contributed by atoms with Gasteiger partial charge in [0.2, 0.25) is 0 Å². The van der Waals surface area contributed by atoms with Gasteiger partial charge in [-0.15, -0.1) is 0 Å². The number of ether oxygens (including phenoxy) is 4. The first-order valence-electron chi connectivity index (χ1n) is 8.24. The SMILES string of the molecule is COc1ccc([C@H]2CC(=O)c3c(O)c(C)c(OC)c(C)c3O2)cc1OC. The minimum absolute atomic E-state index is 0.0850. The second kappa shape index (κ2) is 6.78. The molecule has 0 saturated carbocycles. The Morgan fingerprint density at radius 3 is 2.35 bits per heavy atom. The number of phenolic OH excluding ortho intramolecular Hbond substituents is 1. The summed E-state index contributed by atoms with van der Waals surface area (Å²) in [6.45, 7) is 3.53. The average Bonchev–Trinajstić information content (AvgIpc) is 2.65. The number of rotatable bonds is 4. The van der Waals surface area contributed by atoms with Crippen molar-refractivity contribution in [3.63, 3.8) is 0 Å². The molecule has 6 nitrogen and oxygen atoms in total. The summed E-state index contributed by atoms with van der Waals surface area (Å²) in [5.74, 6) is 1.79. The number of fused-ring (bicyclic) bond motifs is 1. The molecular weight excluding hydrogens is 336 g/mol. The molecule has 138 valence electrons. The molecule has 0 bridgehead atoms. The Morgan fingerprint density at radius 1 is 1.04 bits per heavy atom. The summed E-state index contributed by atoms with van der Waals surface area (Å²) in [4.78, 5) is 12.7. The van der Waals surface area contributed by atoms with E-state index in [1.807, 2.05) is 13.0 Å². The number of ketones is 1. The number of methoxy groups -OCH3 is 3. The van der Waals surface area contributed by atoms with E-state index in [0.29, 0.717) is 34.1 Å². The normalized spacial score (nSPS) is 15.9. The fourth-order valence-electron chi connectivity index (χ4n) is 3.38. The highest BCUT2D eigenvalue weighted by atomic mass is 16.5. The van der Waals surface area contributed by atoms with Crippen LogP contribution in [0.1, 0.15) is 39.6 Å². The van der Waals surface area contributed by atoms with E-state index in [-0.39, 0.29) is 23.5 Å². The van der Waals surface area contributed by atoms with Gasteiger partial charge in [0.05, 0.1) is 27.8 Å². The predicted octanol–water partition coefficient (Wildman–Crippen LogP) is 3.74. The van der Waals surface area contributed by atoms with Gasteiger partial charge in [0.1, 0.15) is 28.9 Å². The minimum atomic E-state index is -0.486. The van der Waals surface area contributed by atoms with E-state index in [0.717, 1.165) is 5.56 Å². The van der Waals surface area contributed by atoms with Gasteiger partial charge in [-0.2, -0.15) is 0 Å². The van der Waals surface area contributed by atoms with Crippen LogP contribution in [-0.2, 0) is 0 Å². The molecule has 0 aliphatic carbocycles. The summed E-state index contributed by atoms with van der Waals surface area (Å²) in [7, 11) is 4.65. The van der Waals surface area contributed by atoms with Crippen molar-refractivity contribution in [1.82, 2.24) is 0 Å². The zero-order valence-corrected chi connectivity index (χ0v) is 15.5. The summed E-state index contributed by atoms with van der Waals surface area (Å²) >= 11 is 0. The molecule has 0 spiro atoms. The van der Waals surface area contributed by atoms with Crippen molar-refractivity contribution < 1.29 is 28.8 Å². The molecule has 0 radical (unpaired) electrons. The fraction of sp³-hybridized carbons (Fsp3) is 0.350. The van der Waals surface area contributed by atoms with E-state index in [1.54, 1.807) is 33.3 Å². The van der Waals surface area contributed by atoms with Crippen LogP contribution < -0.4 is 18.9 Å². The summed E-state index contributed by atoms with van der Waals surface area (Å²) in [6, 6.07) is 5.41. The lowest BCUT2D eigenvalue weighted by Gasteiger charge is -2.29. The lowest BCUT2D eigenvalue weighted by molar-refractivity contribution is 0.0842. The maximum absolute atomic E-state index is 12.7. The maximum Gasteiger partial charge on any atom is 0.174 e. The van der Waals surface area contributed by atoms with Crippen molar-refractivity contribution in [3.05, 3.63) is 40.5 Å². The Labute approximate surface area is 152 Å². The van der Waals surface area contributed by atoms with Crippen LogP contribution >= 0.6 is 0 Å². The molecule has 1 aliphatic heterocycles. The van der Waals surface area contributed by atoms with Gasteiger partial charge < -0.3 is 24.1 Å². The number of benzene rings is 2. The van der Waals surface area contributed by atoms with Crippen LogP contribution in [-0.4, -0.2) is 32.2 Å². The quantitative estimate of drug-likeness (QED) is 0.897. The van der Waals surface area contributed by atoms with E-state index in [1.165, 1.54) is 7.11 Å². The molecule has 0 fully saturated rings. The summed E-state index contributed by atoms with van der Waals surface area (Å²) in [5.41, 5.74) is 2.24. The first-order chi connectivity index (χ1) is 12.4. The van der Waals surface area contributed by atoms with Crippen LogP contribution in [0.5, 0.6) is 28.7 Å². The number of carbonyl (C=O) groups is 1. The molecule has 2 aromatic rings. The van der Waals surface area contributed by atoms with Crippen LogP contribution in [0.15, 0.2) is 18.2 Å². The molecule has 1 heterocycles. The highest BCUT2D eigenvalue weighted by Crippen LogP contribution is 2.48. The molecule has 3 rings (SSSR count). The Balaban J connectivity index is 2.08. The topological polar surface area (TPSA) is 74.2 Å². The van der Waals surface area contributed by atoms with Gasteiger partial charge in [0.15, 0.2) is 17.3 Å². The third-order valence-corrected chi connectivity index (χ3v) is 4.73. The molecular formula is C20H22O6. The number of hydrogen-bond acceptors (Lipinski definition) is 6. The van der Waals surface area contributed by atoms with E-state index < -0.39 is 6.10 Å². The molecule has 1 aliphatic rings. The van der Waals surface area contributed by atoms with Gasteiger partial charge in [0, 0.05) is 11.1 Å². The van der Waals surface area contributed by atoms with Gasteiger partial charge in [-0.25, -0.2) is 0 Å². The van der Waals surface area contributed by atoms with Gasteiger partial charge >= 0.3 is 0 Å². The number of carbonyl (C=O) groups excluding carboxylic acids is 1. The van der Waals surface area contributed by atoms with E-state index >= 15 is 0 Å². The van der Waals surface area contributed by atoms with Crippen molar-refractivity contribution in [2.75, 3.05) is 21.3 Å². The lowest BCUT2D eigenvalue weighted by Crippen LogP contribution is -2.22. The molecule has 0 amide bonds.